The van der Waals surface area contributed by atoms with E-state index in [-0.39, 0.29) is 16.2 Å². The quantitative estimate of drug-likeness (QED) is 0.760. The van der Waals surface area contributed by atoms with Gasteiger partial charge in [-0.05, 0) is 45.4 Å². The molecule has 0 aromatic heterocycles. The van der Waals surface area contributed by atoms with Crippen LogP contribution in [-0.2, 0) is 9.31 Å². The van der Waals surface area contributed by atoms with Crippen molar-refractivity contribution >= 4 is 24.8 Å². The van der Waals surface area contributed by atoms with Crippen LogP contribution in [0.15, 0.2) is 24.2 Å². The Balaban J connectivity index is 2.10. The molecule has 2 nitrogen and oxygen atoms in total. The summed E-state index contributed by atoms with van der Waals surface area (Å²) in [5.74, 6) is 1.34. The van der Waals surface area contributed by atoms with Crippen LogP contribution in [0.5, 0.6) is 0 Å². The molecular weight excluding hydrogens is 265 g/mol. The average Bonchev–Trinajstić information content (AvgIpc) is 2.49. The van der Waals surface area contributed by atoms with Crippen LogP contribution in [0.25, 0.3) is 6.08 Å². The van der Waals surface area contributed by atoms with Crippen LogP contribution in [-0.4, -0.2) is 18.3 Å². The molecule has 0 aliphatic carbocycles. The van der Waals surface area contributed by atoms with E-state index in [1.807, 2.05) is 27.7 Å². The van der Waals surface area contributed by atoms with Crippen molar-refractivity contribution < 1.29 is 13.7 Å². The predicted octanol–water partition coefficient (Wildman–Crippen LogP) is 4.12. The van der Waals surface area contributed by atoms with E-state index < -0.39 is 12.9 Å². The van der Waals surface area contributed by atoms with Crippen molar-refractivity contribution in [2.45, 2.75) is 38.9 Å². The van der Waals surface area contributed by atoms with Crippen molar-refractivity contribution in [3.63, 3.8) is 0 Å². The third-order valence-electron chi connectivity index (χ3n) is 3.66. The smallest absolute Gasteiger partial charge is 0.400 e. The molecule has 102 valence electrons. The fraction of sp³-hybridized carbons (Fsp3) is 0.429. The van der Waals surface area contributed by atoms with Gasteiger partial charge >= 0.3 is 7.12 Å². The summed E-state index contributed by atoms with van der Waals surface area (Å²) < 4.78 is 24.9. The van der Waals surface area contributed by atoms with Crippen LogP contribution in [0, 0.1) is 5.82 Å². The van der Waals surface area contributed by atoms with Crippen molar-refractivity contribution in [3.8, 4) is 0 Å². The number of rotatable bonds is 2. The van der Waals surface area contributed by atoms with Gasteiger partial charge in [-0.1, -0.05) is 29.7 Å². The minimum Gasteiger partial charge on any atom is -0.400 e. The summed E-state index contributed by atoms with van der Waals surface area (Å²) in [5, 5.41) is 0.118. The summed E-state index contributed by atoms with van der Waals surface area (Å²) >= 11 is 5.63. The molecule has 0 unspecified atom stereocenters. The van der Waals surface area contributed by atoms with Crippen LogP contribution < -0.4 is 0 Å². The van der Waals surface area contributed by atoms with Gasteiger partial charge in [0.25, 0.3) is 0 Å². The first kappa shape index (κ1) is 14.6. The Bertz CT molecular complexity index is 498. The van der Waals surface area contributed by atoms with Gasteiger partial charge < -0.3 is 9.31 Å². The van der Waals surface area contributed by atoms with Gasteiger partial charge in [-0.25, -0.2) is 4.39 Å². The fourth-order valence-electron chi connectivity index (χ4n) is 1.77. The van der Waals surface area contributed by atoms with E-state index in [0.717, 1.165) is 5.56 Å². The van der Waals surface area contributed by atoms with Crippen molar-refractivity contribution in [2.24, 2.45) is 0 Å². The van der Waals surface area contributed by atoms with E-state index in [0.29, 0.717) is 0 Å². The van der Waals surface area contributed by atoms with Crippen LogP contribution in [0.3, 0.4) is 0 Å². The van der Waals surface area contributed by atoms with E-state index in [1.165, 1.54) is 12.1 Å². The number of hydrogen-bond donors (Lipinski definition) is 0. The van der Waals surface area contributed by atoms with E-state index in [4.69, 9.17) is 20.9 Å². The molecule has 5 heteroatoms. The van der Waals surface area contributed by atoms with E-state index in [1.54, 1.807) is 18.1 Å². The zero-order valence-corrected chi connectivity index (χ0v) is 12.3. The summed E-state index contributed by atoms with van der Waals surface area (Å²) in [5.41, 5.74) is -0.0165. The molecule has 0 bridgehead atoms. The zero-order valence-electron chi connectivity index (χ0n) is 11.5. The summed E-state index contributed by atoms with van der Waals surface area (Å²) in [7, 11) is -0.427. The maximum Gasteiger partial charge on any atom is 0.487 e. The van der Waals surface area contributed by atoms with Crippen molar-refractivity contribution in [2.75, 3.05) is 0 Å². The van der Waals surface area contributed by atoms with Gasteiger partial charge in [-0.2, -0.15) is 0 Å². The first-order valence-electron chi connectivity index (χ1n) is 6.20. The fourth-order valence-corrected chi connectivity index (χ4v) is 1.89. The molecule has 1 aromatic carbocycles. The minimum atomic E-state index is -0.433. The topological polar surface area (TPSA) is 18.5 Å². The Morgan fingerprint density at radius 3 is 2.26 bits per heavy atom. The van der Waals surface area contributed by atoms with Crippen LogP contribution in [0.2, 0.25) is 5.02 Å². The molecule has 1 heterocycles. The van der Waals surface area contributed by atoms with Crippen molar-refractivity contribution in [1.29, 1.82) is 0 Å². The lowest BCUT2D eigenvalue weighted by molar-refractivity contribution is 0.00578. The molecule has 0 saturated carbocycles. The van der Waals surface area contributed by atoms with Gasteiger partial charge in [0, 0.05) is 0 Å². The average molecular weight is 283 g/mol. The van der Waals surface area contributed by atoms with Gasteiger partial charge in [-0.15, -0.1) is 0 Å². The highest BCUT2D eigenvalue weighted by Gasteiger charge is 2.49. The van der Waals surface area contributed by atoms with E-state index >= 15 is 0 Å². The second kappa shape index (κ2) is 4.93. The van der Waals surface area contributed by atoms with Crippen LogP contribution in [0.4, 0.5) is 4.39 Å². The Morgan fingerprint density at radius 1 is 1.16 bits per heavy atom. The van der Waals surface area contributed by atoms with Crippen molar-refractivity contribution in [1.82, 2.24) is 0 Å². The Morgan fingerprint density at radius 2 is 1.74 bits per heavy atom. The number of hydrogen-bond acceptors (Lipinski definition) is 2. The highest BCUT2D eigenvalue weighted by molar-refractivity contribution is 6.52. The lowest BCUT2D eigenvalue weighted by Gasteiger charge is -2.32. The summed E-state index contributed by atoms with van der Waals surface area (Å²) in [6.07, 6.45) is 1.77. The Labute approximate surface area is 118 Å². The monoisotopic (exact) mass is 282 g/mol. The summed E-state index contributed by atoms with van der Waals surface area (Å²) in [4.78, 5) is 0. The number of halogens is 2. The van der Waals surface area contributed by atoms with Gasteiger partial charge in [0.05, 0.1) is 16.2 Å². The maximum atomic E-state index is 13.3. The second-order valence-electron chi connectivity index (χ2n) is 5.66. The molecule has 1 aliphatic heterocycles. The molecule has 0 amide bonds. The van der Waals surface area contributed by atoms with Crippen LogP contribution >= 0.6 is 11.6 Å². The third-order valence-corrected chi connectivity index (χ3v) is 3.97. The lowest BCUT2D eigenvalue weighted by atomic mass is 9.89. The molecule has 1 aliphatic rings. The van der Waals surface area contributed by atoms with Crippen molar-refractivity contribution in [3.05, 3.63) is 40.6 Å². The van der Waals surface area contributed by atoms with Gasteiger partial charge in [0.2, 0.25) is 0 Å². The van der Waals surface area contributed by atoms with Crippen LogP contribution in [0.1, 0.15) is 33.3 Å². The largest absolute Gasteiger partial charge is 0.487 e. The molecule has 1 saturated heterocycles. The van der Waals surface area contributed by atoms with Gasteiger partial charge in [0.1, 0.15) is 5.82 Å². The summed E-state index contributed by atoms with van der Waals surface area (Å²) in [6, 6.07) is 4.65. The SMILES string of the molecule is CC1(C)OB(/C=C/c2ccc(Cl)c(F)c2)OC1(C)C. The number of benzene rings is 1. The molecule has 2 rings (SSSR count). The minimum absolute atomic E-state index is 0.118. The van der Waals surface area contributed by atoms with Gasteiger partial charge in [0.15, 0.2) is 0 Å². The highest BCUT2D eigenvalue weighted by atomic mass is 35.5. The lowest BCUT2D eigenvalue weighted by Crippen LogP contribution is -2.41. The molecule has 0 atom stereocenters. The normalized spacial score (nSPS) is 21.3. The molecule has 0 spiro atoms. The zero-order chi connectivity index (χ0) is 14.3. The second-order valence-corrected chi connectivity index (χ2v) is 6.06. The molecule has 0 N–H and O–H groups in total. The highest BCUT2D eigenvalue weighted by Crippen LogP contribution is 2.37. The van der Waals surface area contributed by atoms with Gasteiger partial charge in [-0.3, -0.25) is 0 Å². The molecule has 0 radical (unpaired) electrons. The predicted molar refractivity (Wildman–Crippen MR) is 76.5 cm³/mol. The standard InChI is InChI=1S/C14H17BClFO2/c1-13(2)14(3,4)19-15(18-13)8-7-10-5-6-11(16)12(17)9-10/h5-9H,1-4H3/b8-7+. The van der Waals surface area contributed by atoms with E-state index in [9.17, 15) is 4.39 Å². The molecule has 1 fully saturated rings. The Kier molecular flexibility index (Phi) is 3.78. The van der Waals surface area contributed by atoms with E-state index in [2.05, 4.69) is 0 Å². The molecule has 1 aromatic rings. The third kappa shape index (κ3) is 3.02. The first-order chi connectivity index (χ1) is 8.71. The maximum absolute atomic E-state index is 13.3. The Hall–Kier alpha value is -0.835. The molecular formula is C14H17BClFO2. The molecule has 19 heavy (non-hydrogen) atoms. The first-order valence-corrected chi connectivity index (χ1v) is 6.58. The summed E-state index contributed by atoms with van der Waals surface area (Å²) in [6.45, 7) is 7.96.